The Morgan fingerprint density at radius 2 is 1.93 bits per heavy atom. The predicted molar refractivity (Wildman–Crippen MR) is 113 cm³/mol. The van der Waals surface area contributed by atoms with Crippen LogP contribution in [0.3, 0.4) is 0 Å². The highest BCUT2D eigenvalue weighted by molar-refractivity contribution is 6.62. The second-order valence-electron chi connectivity index (χ2n) is 9.39. The van der Waals surface area contributed by atoms with Gasteiger partial charge in [-0.3, -0.25) is 4.79 Å². The van der Waals surface area contributed by atoms with E-state index in [1.165, 1.54) is 6.07 Å². The van der Waals surface area contributed by atoms with Crippen molar-refractivity contribution in [2.75, 3.05) is 0 Å². The van der Waals surface area contributed by atoms with Gasteiger partial charge in [-0.05, 0) is 58.6 Å². The Morgan fingerprint density at radius 3 is 2.47 bits per heavy atom. The first-order valence-corrected chi connectivity index (χ1v) is 10.5. The third-order valence-electron chi connectivity index (χ3n) is 6.62. The van der Waals surface area contributed by atoms with Crippen LogP contribution < -0.4 is 5.46 Å². The number of rotatable bonds is 5. The number of aromatic nitrogens is 2. The van der Waals surface area contributed by atoms with E-state index in [0.29, 0.717) is 17.7 Å². The van der Waals surface area contributed by atoms with E-state index in [0.717, 1.165) is 24.8 Å². The first kappa shape index (κ1) is 21.1. The number of hydrogen-bond acceptors (Lipinski definition) is 4. The lowest BCUT2D eigenvalue weighted by Gasteiger charge is -2.37. The molecule has 0 unspecified atom stereocenters. The smallest absolute Gasteiger partial charge is 0.399 e. The zero-order chi connectivity index (χ0) is 21.7. The van der Waals surface area contributed by atoms with Gasteiger partial charge in [-0.15, -0.1) is 0 Å². The maximum atomic E-state index is 14.7. The minimum Gasteiger partial charge on any atom is -0.399 e. The van der Waals surface area contributed by atoms with Crippen LogP contribution in [0.4, 0.5) is 4.39 Å². The summed E-state index contributed by atoms with van der Waals surface area (Å²) in [6, 6.07) is 5.10. The zero-order valence-electron chi connectivity index (χ0n) is 18.3. The monoisotopic (exact) mass is 413 g/mol. The fourth-order valence-corrected chi connectivity index (χ4v) is 3.77. The molecular weight excluding hydrogens is 384 g/mol. The Hall–Kier alpha value is -2.19. The van der Waals surface area contributed by atoms with Gasteiger partial charge in [0.05, 0.1) is 17.5 Å². The molecule has 1 aliphatic heterocycles. The second-order valence-corrected chi connectivity index (χ2v) is 9.39. The van der Waals surface area contributed by atoms with Gasteiger partial charge in [0.2, 0.25) is 0 Å². The average Bonchev–Trinajstić information content (AvgIpc) is 3.14. The van der Waals surface area contributed by atoms with Crippen LogP contribution in [0.5, 0.6) is 0 Å². The van der Waals surface area contributed by atoms with Gasteiger partial charge in [-0.1, -0.05) is 12.1 Å². The fraction of sp³-hybridized carbons (Fsp3) is 0.545. The number of imidazole rings is 1. The molecule has 2 fully saturated rings. The highest BCUT2D eigenvalue weighted by Crippen LogP contribution is 2.36. The highest BCUT2D eigenvalue weighted by atomic mass is 19.1. The third kappa shape index (κ3) is 3.78. The SMILES string of the molecule is Cn1cnc(C(=O)N(Cc2ccc(F)c(B3OC(C)(C)C(C)(C)O3)c2)C2CCC2)c1. The number of carbonyl (C=O) groups excluding carboxylic acids is 1. The van der Waals surface area contributed by atoms with Crippen molar-refractivity contribution in [2.24, 2.45) is 7.05 Å². The fourth-order valence-electron chi connectivity index (χ4n) is 3.77. The van der Waals surface area contributed by atoms with Crippen LogP contribution in [0.2, 0.25) is 0 Å². The normalized spacial score (nSPS) is 20.3. The number of benzene rings is 1. The Labute approximate surface area is 177 Å². The van der Waals surface area contributed by atoms with Crippen molar-refractivity contribution < 1.29 is 18.5 Å². The molecule has 6 nitrogen and oxygen atoms in total. The van der Waals surface area contributed by atoms with Crippen LogP contribution in [-0.2, 0) is 22.9 Å². The standard InChI is InChI=1S/C22H29BFN3O3/c1-21(2)22(3,4)30-23(29-21)17-11-15(9-10-18(17)24)12-27(16-7-6-8-16)20(28)19-13-26(5)14-25-19/h9-11,13-14,16H,6-8,12H2,1-5H3. The summed E-state index contributed by atoms with van der Waals surface area (Å²) >= 11 is 0. The summed E-state index contributed by atoms with van der Waals surface area (Å²) in [5, 5.41) is 0. The Kier molecular flexibility index (Phi) is 5.27. The summed E-state index contributed by atoms with van der Waals surface area (Å²) < 4.78 is 28.5. The lowest BCUT2D eigenvalue weighted by atomic mass is 9.77. The molecule has 1 saturated heterocycles. The molecule has 0 atom stereocenters. The molecule has 2 heterocycles. The van der Waals surface area contributed by atoms with Gasteiger partial charge in [-0.25, -0.2) is 9.37 Å². The molecule has 0 N–H and O–H groups in total. The van der Waals surface area contributed by atoms with Gasteiger partial charge in [0.25, 0.3) is 5.91 Å². The minimum absolute atomic E-state index is 0.0955. The van der Waals surface area contributed by atoms with Crippen molar-refractivity contribution in [3.63, 3.8) is 0 Å². The van der Waals surface area contributed by atoms with Crippen molar-refractivity contribution in [3.8, 4) is 0 Å². The molecule has 1 aromatic heterocycles. The van der Waals surface area contributed by atoms with Crippen LogP contribution >= 0.6 is 0 Å². The number of aryl methyl sites for hydroxylation is 1. The number of nitrogens with zero attached hydrogens (tertiary/aromatic N) is 3. The lowest BCUT2D eigenvalue weighted by molar-refractivity contribution is 0.00578. The molecule has 160 valence electrons. The van der Waals surface area contributed by atoms with Gasteiger partial charge < -0.3 is 18.8 Å². The molecule has 2 aromatic rings. The molecule has 30 heavy (non-hydrogen) atoms. The maximum absolute atomic E-state index is 14.7. The summed E-state index contributed by atoms with van der Waals surface area (Å²) in [5.74, 6) is -0.467. The van der Waals surface area contributed by atoms with Crippen molar-refractivity contribution in [2.45, 2.75) is 70.7 Å². The predicted octanol–water partition coefficient (Wildman–Crippen LogP) is 3.05. The van der Waals surface area contributed by atoms with E-state index in [4.69, 9.17) is 9.31 Å². The first-order chi connectivity index (χ1) is 14.1. The number of halogens is 1. The van der Waals surface area contributed by atoms with Crippen LogP contribution in [0.1, 0.15) is 63.0 Å². The molecule has 2 aliphatic rings. The molecule has 1 aromatic carbocycles. The minimum atomic E-state index is -0.779. The van der Waals surface area contributed by atoms with E-state index in [2.05, 4.69) is 4.98 Å². The molecule has 0 bridgehead atoms. The van der Waals surface area contributed by atoms with Crippen molar-refractivity contribution in [1.29, 1.82) is 0 Å². The van der Waals surface area contributed by atoms with Gasteiger partial charge >= 0.3 is 7.12 Å². The van der Waals surface area contributed by atoms with Crippen LogP contribution in [0.15, 0.2) is 30.7 Å². The molecule has 0 spiro atoms. The summed E-state index contributed by atoms with van der Waals surface area (Å²) in [7, 11) is 1.06. The molecule has 1 aliphatic carbocycles. The topological polar surface area (TPSA) is 56.6 Å². The number of carbonyl (C=O) groups is 1. The molecule has 4 rings (SSSR count). The maximum Gasteiger partial charge on any atom is 0.497 e. The van der Waals surface area contributed by atoms with E-state index in [1.54, 1.807) is 29.2 Å². The molecule has 0 radical (unpaired) electrons. The molecule has 1 saturated carbocycles. The average molecular weight is 413 g/mol. The van der Waals surface area contributed by atoms with E-state index in [-0.39, 0.29) is 17.8 Å². The molecule has 8 heteroatoms. The van der Waals surface area contributed by atoms with E-state index in [9.17, 15) is 9.18 Å². The molecule has 1 amide bonds. The van der Waals surface area contributed by atoms with Gasteiger partial charge in [-0.2, -0.15) is 0 Å². The Balaban J connectivity index is 1.59. The van der Waals surface area contributed by atoms with Gasteiger partial charge in [0.1, 0.15) is 11.5 Å². The summed E-state index contributed by atoms with van der Waals surface area (Å²) in [6.45, 7) is 8.17. The summed E-state index contributed by atoms with van der Waals surface area (Å²) in [5.41, 5.74) is 0.542. The third-order valence-corrected chi connectivity index (χ3v) is 6.62. The van der Waals surface area contributed by atoms with Gasteiger partial charge in [0, 0.05) is 31.3 Å². The zero-order valence-corrected chi connectivity index (χ0v) is 18.3. The number of hydrogen-bond donors (Lipinski definition) is 0. The van der Waals surface area contributed by atoms with E-state index >= 15 is 0 Å². The first-order valence-electron chi connectivity index (χ1n) is 10.5. The summed E-state index contributed by atoms with van der Waals surface area (Å²) in [4.78, 5) is 19.2. The van der Waals surface area contributed by atoms with Crippen LogP contribution in [-0.4, -0.2) is 44.7 Å². The van der Waals surface area contributed by atoms with Gasteiger partial charge in [0.15, 0.2) is 0 Å². The highest BCUT2D eigenvalue weighted by Gasteiger charge is 2.52. The van der Waals surface area contributed by atoms with Crippen LogP contribution in [0, 0.1) is 5.82 Å². The largest absolute Gasteiger partial charge is 0.497 e. The quantitative estimate of drug-likeness (QED) is 0.708. The van der Waals surface area contributed by atoms with Crippen molar-refractivity contribution in [1.82, 2.24) is 14.5 Å². The van der Waals surface area contributed by atoms with Crippen LogP contribution in [0.25, 0.3) is 0 Å². The lowest BCUT2D eigenvalue weighted by Crippen LogP contribution is -2.44. The number of amides is 1. The Morgan fingerprint density at radius 1 is 1.27 bits per heavy atom. The Bertz CT molecular complexity index is 939. The van der Waals surface area contributed by atoms with Crippen molar-refractivity contribution in [3.05, 3.63) is 47.8 Å². The van der Waals surface area contributed by atoms with E-state index in [1.807, 2.05) is 39.6 Å². The molecular formula is C22H29BFN3O3. The summed E-state index contributed by atoms with van der Waals surface area (Å²) in [6.07, 6.45) is 6.42. The second kappa shape index (κ2) is 7.50. The van der Waals surface area contributed by atoms with Crippen molar-refractivity contribution >= 4 is 18.5 Å². The van der Waals surface area contributed by atoms with E-state index < -0.39 is 18.3 Å².